The van der Waals surface area contributed by atoms with Gasteiger partial charge in [-0.15, -0.1) is 0 Å². The number of halogens is 1. The van der Waals surface area contributed by atoms with E-state index >= 15 is 0 Å². The van der Waals surface area contributed by atoms with Gasteiger partial charge in [0.2, 0.25) is 5.96 Å². The van der Waals surface area contributed by atoms with Crippen LogP contribution < -0.4 is 15.4 Å². The highest BCUT2D eigenvalue weighted by molar-refractivity contribution is 6.32. The average Bonchev–Trinajstić information content (AvgIpc) is 2.74. The number of aliphatic imine (C=N–C) groups is 1. The van der Waals surface area contributed by atoms with Crippen LogP contribution in [0.3, 0.4) is 0 Å². The number of nitrogens with one attached hydrogen (secondary N) is 2. The van der Waals surface area contributed by atoms with Crippen LogP contribution in [0.1, 0.15) is 57.5 Å². The van der Waals surface area contributed by atoms with E-state index in [9.17, 15) is 14.4 Å². The number of rotatable bonds is 3. The lowest BCUT2D eigenvalue weighted by Gasteiger charge is -2.22. The van der Waals surface area contributed by atoms with Gasteiger partial charge >= 0.3 is 24.3 Å². The number of benzene rings is 2. The van der Waals surface area contributed by atoms with Gasteiger partial charge in [-0.05, 0) is 90.4 Å². The van der Waals surface area contributed by atoms with Crippen molar-refractivity contribution in [2.24, 2.45) is 4.99 Å². The molecule has 0 saturated carbocycles. The van der Waals surface area contributed by atoms with E-state index in [-0.39, 0.29) is 23.4 Å². The molecule has 2 rings (SSSR count). The Morgan fingerprint density at radius 3 is 1.74 bits per heavy atom. The van der Waals surface area contributed by atoms with Crippen molar-refractivity contribution in [3.05, 3.63) is 58.6 Å². The molecule has 11 nitrogen and oxygen atoms in total. The fourth-order valence-corrected chi connectivity index (χ4v) is 2.81. The molecule has 0 spiro atoms. The molecule has 0 aliphatic heterocycles. The first-order valence-corrected chi connectivity index (χ1v) is 11.6. The number of hydrogen-bond acceptors (Lipinski definition) is 9. The molecule has 2 aromatic carbocycles. The van der Waals surface area contributed by atoms with Gasteiger partial charge in [-0.25, -0.2) is 19.4 Å². The largest absolute Gasteiger partial charge is 0.444 e. The molecule has 0 atom stereocenters. The van der Waals surface area contributed by atoms with Crippen LogP contribution in [0.4, 0.5) is 15.3 Å². The Hall–Kier alpha value is -4.21. The average molecular weight is 548 g/mol. The number of ether oxygens (including phenoxy) is 3. The monoisotopic (exact) mass is 547 g/mol. The Bertz CT molecular complexity index is 1170. The number of hydrogen-bond donors (Lipinski definition) is 2. The maximum atomic E-state index is 12.5. The van der Waals surface area contributed by atoms with Crippen LogP contribution in [0.2, 0.25) is 5.02 Å². The summed E-state index contributed by atoms with van der Waals surface area (Å²) >= 11 is 6.12. The van der Waals surface area contributed by atoms with Crippen molar-refractivity contribution in [1.82, 2.24) is 10.6 Å². The second kappa shape index (κ2) is 13.9. The van der Waals surface area contributed by atoms with E-state index in [1.54, 1.807) is 59.7 Å². The summed E-state index contributed by atoms with van der Waals surface area (Å²) in [6.07, 6.45) is -1.38. The highest BCUT2D eigenvalue weighted by Crippen LogP contribution is 2.26. The Kier molecular flexibility index (Phi) is 11.7. The first-order chi connectivity index (χ1) is 17.5. The minimum atomic E-state index is -0.817. The van der Waals surface area contributed by atoms with E-state index in [2.05, 4.69) is 15.6 Å². The first kappa shape index (κ1) is 31.8. The third kappa shape index (κ3) is 12.7. The van der Waals surface area contributed by atoms with E-state index in [0.717, 1.165) is 5.56 Å². The lowest BCUT2D eigenvalue weighted by atomic mass is 10.2. The number of guanidine groups is 1. The number of amides is 2. The van der Waals surface area contributed by atoms with E-state index in [1.807, 2.05) is 6.92 Å². The summed E-state index contributed by atoms with van der Waals surface area (Å²) in [6, 6.07) is 11.1. The van der Waals surface area contributed by atoms with Gasteiger partial charge < -0.3 is 14.2 Å². The summed E-state index contributed by atoms with van der Waals surface area (Å²) < 4.78 is 15.8. The quantitative estimate of drug-likeness (QED) is 0.227. The third-order valence-corrected chi connectivity index (χ3v) is 4.17. The highest BCUT2D eigenvalue weighted by Gasteiger charge is 2.21. The lowest BCUT2D eigenvalue weighted by Crippen LogP contribution is -2.47. The van der Waals surface area contributed by atoms with Crippen molar-refractivity contribution in [2.75, 3.05) is 0 Å². The Labute approximate surface area is 225 Å². The number of carbonyl (C=O) groups excluding carboxylic acids is 5. The molecule has 204 valence electrons. The summed E-state index contributed by atoms with van der Waals surface area (Å²) in [5, 5.41) is 5.10. The fraction of sp³-hybridized carbons (Fsp3) is 0.346. The van der Waals surface area contributed by atoms with Gasteiger partial charge in [0.15, 0.2) is 0 Å². The van der Waals surface area contributed by atoms with Crippen LogP contribution in [0, 0.1) is 6.92 Å². The molecule has 0 aliphatic carbocycles. The summed E-state index contributed by atoms with van der Waals surface area (Å²) in [7, 11) is 0. The van der Waals surface area contributed by atoms with Crippen LogP contribution in [0.5, 0.6) is 5.75 Å². The molecule has 12 heteroatoms. The Balaban J connectivity index is 0.00000229. The molecule has 0 aliphatic rings. The summed E-state index contributed by atoms with van der Waals surface area (Å²) in [5.41, 5.74) is -0.000359. The van der Waals surface area contributed by atoms with E-state index < -0.39 is 29.4 Å². The molecule has 0 fully saturated rings. The number of carbonyl (C=O) groups is 3. The van der Waals surface area contributed by atoms with Crippen LogP contribution >= 0.6 is 11.6 Å². The van der Waals surface area contributed by atoms with E-state index in [0.29, 0.717) is 10.7 Å². The maximum Gasteiger partial charge on any atom is 0.414 e. The van der Waals surface area contributed by atoms with Crippen molar-refractivity contribution < 1.29 is 38.2 Å². The molecule has 0 unspecified atom stereocenters. The SMILES string of the molecule is Cc1ccc(OC(=O)c2ccc(N=C(NC(=O)OC(C)(C)C)NC(=O)OC(C)(C)C)cc2)c(Cl)c1.O=C=O. The molecule has 2 aromatic rings. The minimum absolute atomic E-state index is 0.213. The Morgan fingerprint density at radius 2 is 1.32 bits per heavy atom. The van der Waals surface area contributed by atoms with Crippen molar-refractivity contribution in [2.45, 2.75) is 59.7 Å². The van der Waals surface area contributed by atoms with Crippen LogP contribution in [-0.4, -0.2) is 41.5 Å². The second-order valence-electron chi connectivity index (χ2n) is 9.67. The molecule has 0 saturated heterocycles. The number of esters is 1. The third-order valence-electron chi connectivity index (χ3n) is 3.87. The molecular formula is C26H30ClN3O8. The van der Waals surface area contributed by atoms with Gasteiger partial charge in [0.1, 0.15) is 17.0 Å². The molecule has 0 aromatic heterocycles. The van der Waals surface area contributed by atoms with E-state index in [4.69, 9.17) is 35.4 Å². The van der Waals surface area contributed by atoms with Gasteiger partial charge in [0, 0.05) is 0 Å². The minimum Gasteiger partial charge on any atom is -0.444 e. The second-order valence-corrected chi connectivity index (χ2v) is 10.1. The van der Waals surface area contributed by atoms with Crippen LogP contribution in [0.15, 0.2) is 47.5 Å². The summed E-state index contributed by atoms with van der Waals surface area (Å²) in [5.74, 6) is -0.574. The normalized spacial score (nSPS) is 10.5. The van der Waals surface area contributed by atoms with E-state index in [1.165, 1.54) is 24.3 Å². The fourth-order valence-electron chi connectivity index (χ4n) is 2.54. The lowest BCUT2D eigenvalue weighted by molar-refractivity contribution is -0.191. The number of nitrogens with zero attached hydrogens (tertiary/aromatic N) is 1. The van der Waals surface area contributed by atoms with Crippen LogP contribution in [0.25, 0.3) is 0 Å². The van der Waals surface area contributed by atoms with Gasteiger partial charge in [0.25, 0.3) is 0 Å². The Morgan fingerprint density at radius 1 is 0.842 bits per heavy atom. The molecule has 38 heavy (non-hydrogen) atoms. The first-order valence-electron chi connectivity index (χ1n) is 11.2. The molecule has 0 heterocycles. The standard InChI is InChI=1S/C25H30ClN3O6.CO2/c1-15-8-13-19(18(26)14-15)33-20(30)16-9-11-17(12-10-16)27-21(28-22(31)34-24(2,3)4)29-23(32)35-25(5,6)7;2-1-3/h8-14H,1-7H3,(H2,27,28,29,31,32);. The van der Waals surface area contributed by atoms with Crippen LogP contribution in [-0.2, 0) is 19.1 Å². The maximum absolute atomic E-state index is 12.5. The van der Waals surface area contributed by atoms with Crippen molar-refractivity contribution in [3.8, 4) is 5.75 Å². The molecule has 2 amide bonds. The zero-order chi connectivity index (χ0) is 29.1. The topological polar surface area (TPSA) is 149 Å². The van der Waals surface area contributed by atoms with Gasteiger partial charge in [-0.1, -0.05) is 17.7 Å². The molecular weight excluding hydrogens is 518 g/mol. The molecule has 2 N–H and O–H groups in total. The number of aryl methyl sites for hydroxylation is 1. The van der Waals surface area contributed by atoms with Gasteiger partial charge in [0.05, 0.1) is 16.3 Å². The number of alkyl carbamates (subject to hydrolysis) is 2. The highest BCUT2D eigenvalue weighted by atomic mass is 35.5. The zero-order valence-electron chi connectivity index (χ0n) is 22.1. The van der Waals surface area contributed by atoms with Crippen molar-refractivity contribution in [1.29, 1.82) is 0 Å². The predicted octanol–water partition coefficient (Wildman–Crippen LogP) is 5.32. The summed E-state index contributed by atoms with van der Waals surface area (Å²) in [4.78, 5) is 57.4. The molecule has 0 radical (unpaired) electrons. The van der Waals surface area contributed by atoms with Gasteiger partial charge in [-0.3, -0.25) is 10.6 Å². The van der Waals surface area contributed by atoms with Crippen molar-refractivity contribution >= 4 is 47.6 Å². The zero-order valence-corrected chi connectivity index (χ0v) is 22.9. The van der Waals surface area contributed by atoms with Gasteiger partial charge in [-0.2, -0.15) is 9.59 Å². The summed E-state index contributed by atoms with van der Waals surface area (Å²) in [6.45, 7) is 12.1. The predicted molar refractivity (Wildman–Crippen MR) is 138 cm³/mol. The molecule has 0 bridgehead atoms. The smallest absolute Gasteiger partial charge is 0.414 e. The van der Waals surface area contributed by atoms with Crippen molar-refractivity contribution in [3.63, 3.8) is 0 Å².